The Bertz CT molecular complexity index is 554. The van der Waals surface area contributed by atoms with Gasteiger partial charge in [0.15, 0.2) is 0 Å². The van der Waals surface area contributed by atoms with Gasteiger partial charge in [0.1, 0.15) is 0 Å². The molecule has 0 unspecified atom stereocenters. The number of nitrogens with two attached hydrogens (primary N) is 1. The fourth-order valence-corrected chi connectivity index (χ4v) is 2.51. The molecular weight excluding hydrogens is 278 g/mol. The Kier molecular flexibility index (Phi) is 5.38. The minimum Gasteiger partial charge on any atom is -0.397 e. The standard InChI is InChI=1S/C13H23N3O3S/c1-4-13(17,5-2)9-16-12-7-6-10(8-11(12)14)20(18,19)15-3/h6-8,15-17H,4-5,9,14H2,1-3H3. The number of anilines is 2. The first-order valence-electron chi connectivity index (χ1n) is 6.57. The molecule has 0 heterocycles. The zero-order valence-electron chi connectivity index (χ0n) is 12.1. The Morgan fingerprint density at radius 1 is 1.30 bits per heavy atom. The largest absolute Gasteiger partial charge is 0.397 e. The van der Waals surface area contributed by atoms with Crippen molar-refractivity contribution in [2.45, 2.75) is 37.2 Å². The Labute approximate surface area is 120 Å². The van der Waals surface area contributed by atoms with Crippen LogP contribution in [0.4, 0.5) is 11.4 Å². The van der Waals surface area contributed by atoms with Gasteiger partial charge in [-0.25, -0.2) is 13.1 Å². The van der Waals surface area contributed by atoms with Gasteiger partial charge in [0, 0.05) is 6.54 Å². The van der Waals surface area contributed by atoms with Crippen LogP contribution in [0.3, 0.4) is 0 Å². The second-order valence-electron chi connectivity index (χ2n) is 4.74. The van der Waals surface area contributed by atoms with Crippen LogP contribution in [0.15, 0.2) is 23.1 Å². The number of benzene rings is 1. The minimum atomic E-state index is -3.50. The van der Waals surface area contributed by atoms with Crippen molar-refractivity contribution in [3.05, 3.63) is 18.2 Å². The summed E-state index contributed by atoms with van der Waals surface area (Å²) in [5, 5.41) is 13.3. The van der Waals surface area contributed by atoms with Gasteiger partial charge in [0.25, 0.3) is 0 Å². The second-order valence-corrected chi connectivity index (χ2v) is 6.63. The maximum absolute atomic E-state index is 11.6. The van der Waals surface area contributed by atoms with E-state index in [2.05, 4.69) is 10.0 Å². The van der Waals surface area contributed by atoms with Crippen LogP contribution in [-0.2, 0) is 10.0 Å². The Hall–Kier alpha value is -1.31. The van der Waals surface area contributed by atoms with Gasteiger partial charge in [-0.1, -0.05) is 13.8 Å². The van der Waals surface area contributed by atoms with Gasteiger partial charge in [0.2, 0.25) is 10.0 Å². The lowest BCUT2D eigenvalue weighted by atomic mass is 9.97. The number of rotatable bonds is 7. The molecule has 6 nitrogen and oxygen atoms in total. The molecular formula is C13H23N3O3S. The third-order valence-corrected chi connectivity index (χ3v) is 4.94. The van der Waals surface area contributed by atoms with Crippen LogP contribution < -0.4 is 15.8 Å². The summed E-state index contributed by atoms with van der Waals surface area (Å²) in [4.78, 5) is 0.115. The molecule has 0 bridgehead atoms. The Morgan fingerprint density at radius 2 is 1.90 bits per heavy atom. The van der Waals surface area contributed by atoms with Gasteiger partial charge >= 0.3 is 0 Å². The fourth-order valence-electron chi connectivity index (χ4n) is 1.75. The summed E-state index contributed by atoms with van der Waals surface area (Å²) in [5.74, 6) is 0. The molecule has 0 fully saturated rings. The van der Waals surface area contributed by atoms with Crippen molar-refractivity contribution < 1.29 is 13.5 Å². The average molecular weight is 301 g/mol. The smallest absolute Gasteiger partial charge is 0.240 e. The zero-order chi connectivity index (χ0) is 15.4. The van der Waals surface area contributed by atoms with E-state index in [-0.39, 0.29) is 4.90 Å². The predicted molar refractivity (Wildman–Crippen MR) is 81.1 cm³/mol. The van der Waals surface area contributed by atoms with Crippen molar-refractivity contribution in [3.8, 4) is 0 Å². The first-order chi connectivity index (χ1) is 9.28. The van der Waals surface area contributed by atoms with Crippen molar-refractivity contribution in [2.75, 3.05) is 24.6 Å². The highest BCUT2D eigenvalue weighted by atomic mass is 32.2. The molecule has 1 aromatic carbocycles. The summed E-state index contributed by atoms with van der Waals surface area (Å²) in [5.41, 5.74) is 6.00. The molecule has 0 spiro atoms. The molecule has 1 aromatic rings. The maximum Gasteiger partial charge on any atom is 0.240 e. The van der Waals surface area contributed by atoms with Crippen molar-refractivity contribution in [2.24, 2.45) is 0 Å². The van der Waals surface area contributed by atoms with Crippen LogP contribution in [0, 0.1) is 0 Å². The zero-order valence-corrected chi connectivity index (χ0v) is 12.9. The highest BCUT2D eigenvalue weighted by Crippen LogP contribution is 2.24. The van der Waals surface area contributed by atoms with Crippen LogP contribution in [0.5, 0.6) is 0 Å². The lowest BCUT2D eigenvalue weighted by Crippen LogP contribution is -2.35. The maximum atomic E-state index is 11.6. The van der Waals surface area contributed by atoms with Gasteiger partial charge in [-0.05, 0) is 38.1 Å². The summed E-state index contributed by atoms with van der Waals surface area (Å²) >= 11 is 0. The topological polar surface area (TPSA) is 104 Å². The summed E-state index contributed by atoms with van der Waals surface area (Å²) in [6.45, 7) is 4.19. The summed E-state index contributed by atoms with van der Waals surface area (Å²) in [7, 11) is -2.15. The number of nitrogen functional groups attached to an aromatic ring is 1. The SMILES string of the molecule is CCC(O)(CC)CNc1ccc(S(=O)(=O)NC)cc1N. The van der Waals surface area contributed by atoms with Crippen LogP contribution in [-0.4, -0.2) is 32.7 Å². The number of nitrogens with one attached hydrogen (secondary N) is 2. The predicted octanol–water partition coefficient (Wildman–Crippen LogP) is 1.14. The van der Waals surface area contributed by atoms with Crippen LogP contribution in [0.25, 0.3) is 0 Å². The van der Waals surface area contributed by atoms with Crippen molar-refractivity contribution in [3.63, 3.8) is 0 Å². The highest BCUT2D eigenvalue weighted by Gasteiger charge is 2.22. The molecule has 0 aliphatic rings. The Balaban J connectivity index is 2.90. The summed E-state index contributed by atoms with van der Waals surface area (Å²) < 4.78 is 25.5. The van der Waals surface area contributed by atoms with Crippen molar-refractivity contribution >= 4 is 21.4 Å². The molecule has 0 aliphatic heterocycles. The molecule has 20 heavy (non-hydrogen) atoms. The lowest BCUT2D eigenvalue weighted by molar-refractivity contribution is 0.0457. The van der Waals surface area contributed by atoms with E-state index in [9.17, 15) is 13.5 Å². The van der Waals surface area contributed by atoms with E-state index in [0.717, 1.165) is 0 Å². The monoisotopic (exact) mass is 301 g/mol. The number of aliphatic hydroxyl groups is 1. The summed E-state index contributed by atoms with van der Waals surface area (Å²) in [6.07, 6.45) is 1.26. The number of sulfonamides is 1. The minimum absolute atomic E-state index is 0.115. The molecule has 114 valence electrons. The Morgan fingerprint density at radius 3 is 2.35 bits per heavy atom. The van der Waals surface area contributed by atoms with Crippen molar-refractivity contribution in [1.29, 1.82) is 0 Å². The molecule has 0 saturated heterocycles. The van der Waals surface area contributed by atoms with Crippen LogP contribution in [0.1, 0.15) is 26.7 Å². The van der Waals surface area contributed by atoms with Gasteiger partial charge in [-0.2, -0.15) is 0 Å². The normalized spacial score (nSPS) is 12.4. The van der Waals surface area contributed by atoms with E-state index < -0.39 is 15.6 Å². The van der Waals surface area contributed by atoms with E-state index >= 15 is 0 Å². The number of hydrogen-bond acceptors (Lipinski definition) is 5. The number of hydrogen-bond donors (Lipinski definition) is 4. The molecule has 7 heteroatoms. The third-order valence-electron chi connectivity index (χ3n) is 3.53. The molecule has 0 atom stereocenters. The summed E-state index contributed by atoms with van der Waals surface area (Å²) in [6, 6.07) is 4.47. The fraction of sp³-hybridized carbons (Fsp3) is 0.538. The molecule has 1 rings (SSSR count). The van der Waals surface area contributed by atoms with E-state index in [4.69, 9.17) is 5.73 Å². The van der Waals surface area contributed by atoms with Gasteiger partial charge in [-0.3, -0.25) is 0 Å². The molecule has 5 N–H and O–H groups in total. The lowest BCUT2D eigenvalue weighted by Gasteiger charge is -2.26. The molecule has 0 aromatic heterocycles. The molecule has 0 saturated carbocycles. The van der Waals surface area contributed by atoms with Crippen molar-refractivity contribution in [1.82, 2.24) is 4.72 Å². The second kappa shape index (κ2) is 6.43. The quantitative estimate of drug-likeness (QED) is 0.565. The van der Waals surface area contributed by atoms with Gasteiger partial charge < -0.3 is 16.2 Å². The molecule has 0 aliphatic carbocycles. The van der Waals surface area contributed by atoms with Crippen LogP contribution >= 0.6 is 0 Å². The average Bonchev–Trinajstić information content (AvgIpc) is 2.45. The third kappa shape index (κ3) is 3.84. The van der Waals surface area contributed by atoms with E-state index in [1.807, 2.05) is 13.8 Å². The van der Waals surface area contributed by atoms with Crippen LogP contribution in [0.2, 0.25) is 0 Å². The first kappa shape index (κ1) is 16.7. The van der Waals surface area contributed by atoms with Gasteiger partial charge in [0.05, 0.1) is 21.9 Å². The molecule has 0 radical (unpaired) electrons. The van der Waals surface area contributed by atoms with E-state index in [1.165, 1.54) is 19.2 Å². The highest BCUT2D eigenvalue weighted by molar-refractivity contribution is 7.89. The molecule has 0 amide bonds. The van der Waals surface area contributed by atoms with E-state index in [1.54, 1.807) is 6.07 Å². The first-order valence-corrected chi connectivity index (χ1v) is 8.05. The van der Waals surface area contributed by atoms with Gasteiger partial charge in [-0.15, -0.1) is 0 Å². The van der Waals surface area contributed by atoms with E-state index in [0.29, 0.717) is 30.8 Å².